The summed E-state index contributed by atoms with van der Waals surface area (Å²) in [4.78, 5) is 17.3. The lowest BCUT2D eigenvalue weighted by atomic mass is 9.93. The predicted octanol–water partition coefficient (Wildman–Crippen LogP) is 3.73. The zero-order chi connectivity index (χ0) is 23.0. The number of anilines is 2. The highest BCUT2D eigenvalue weighted by atomic mass is 35.5. The Morgan fingerprint density at radius 1 is 1.31 bits per heavy atom. The quantitative estimate of drug-likeness (QED) is 0.540. The summed E-state index contributed by atoms with van der Waals surface area (Å²) in [6.07, 6.45) is 5.45. The number of hydrogen-bond donors (Lipinski definition) is 3. The summed E-state index contributed by atoms with van der Waals surface area (Å²) in [5, 5.41) is 19.0. The number of aryl methyl sites for hydroxylation is 1. The van der Waals surface area contributed by atoms with Crippen molar-refractivity contribution in [3.63, 3.8) is 0 Å². The van der Waals surface area contributed by atoms with Gasteiger partial charge in [-0.25, -0.2) is 4.68 Å². The molecule has 0 saturated carbocycles. The van der Waals surface area contributed by atoms with Crippen molar-refractivity contribution in [3.05, 3.63) is 46.9 Å². The average Bonchev–Trinajstić information content (AvgIpc) is 3.35. The van der Waals surface area contributed by atoms with Gasteiger partial charge in [0.1, 0.15) is 0 Å². The molecule has 2 heterocycles. The van der Waals surface area contributed by atoms with E-state index in [0.29, 0.717) is 34.5 Å². The number of nitrogens with zero attached hydrogens (tertiary/aromatic N) is 4. The molecule has 4 rings (SSSR count). The highest BCUT2D eigenvalue weighted by molar-refractivity contribution is 6.38. The number of halogens is 1. The van der Waals surface area contributed by atoms with Crippen molar-refractivity contribution >= 4 is 45.6 Å². The largest absolute Gasteiger partial charge is 0.376 e. The molecular weight excluding hydrogens is 430 g/mol. The van der Waals surface area contributed by atoms with Gasteiger partial charge in [0.2, 0.25) is 11.9 Å². The number of rotatable bonds is 5. The van der Waals surface area contributed by atoms with Crippen LogP contribution in [-0.4, -0.2) is 49.6 Å². The molecule has 1 unspecified atom stereocenters. The smallest absolute Gasteiger partial charge is 0.250 e. The number of H-pyrrole nitrogens is 1. The van der Waals surface area contributed by atoms with E-state index in [1.807, 2.05) is 39.0 Å². The standard InChI is InChI=1S/C22H26ClN7O2/c1-22(2,3)27-20(31)13-7-6-12(10-17(13)32-5)19-26-21(30(4)29-19)25-16-9-8-15-14(18(16)23)11-24-28-15/h6-9,11,17H,10H2,1-5H3,(H,24,28)(H,27,31)(H,25,26,29). The molecule has 1 aliphatic carbocycles. The van der Waals surface area contributed by atoms with E-state index in [4.69, 9.17) is 16.3 Å². The maximum absolute atomic E-state index is 12.6. The molecule has 32 heavy (non-hydrogen) atoms. The summed E-state index contributed by atoms with van der Waals surface area (Å²) in [6.45, 7) is 5.83. The maximum Gasteiger partial charge on any atom is 0.250 e. The third-order valence-electron chi connectivity index (χ3n) is 5.11. The van der Waals surface area contributed by atoms with E-state index in [9.17, 15) is 4.79 Å². The molecule has 2 aromatic heterocycles. The zero-order valence-electron chi connectivity index (χ0n) is 18.7. The Kier molecular flexibility index (Phi) is 5.79. The number of ether oxygens (including phenoxy) is 1. The number of methoxy groups -OCH3 is 1. The molecule has 0 aliphatic heterocycles. The summed E-state index contributed by atoms with van der Waals surface area (Å²) in [5.41, 5.74) is 2.69. The Morgan fingerprint density at radius 3 is 2.81 bits per heavy atom. The molecule has 3 aromatic rings. The Hall–Kier alpha value is -3.17. The fourth-order valence-corrected chi connectivity index (χ4v) is 3.78. The van der Waals surface area contributed by atoms with E-state index in [1.54, 1.807) is 31.1 Å². The van der Waals surface area contributed by atoms with Crippen LogP contribution < -0.4 is 10.6 Å². The van der Waals surface area contributed by atoms with Crippen LogP contribution in [0.2, 0.25) is 5.02 Å². The fourth-order valence-electron chi connectivity index (χ4n) is 3.52. The number of nitrogens with one attached hydrogen (secondary N) is 3. The van der Waals surface area contributed by atoms with Gasteiger partial charge in [0, 0.05) is 42.6 Å². The number of allylic oxidation sites excluding steroid dienone is 2. The molecular formula is C22H26ClN7O2. The van der Waals surface area contributed by atoms with Crippen molar-refractivity contribution < 1.29 is 9.53 Å². The average molecular weight is 456 g/mol. The molecule has 0 bridgehead atoms. The Morgan fingerprint density at radius 2 is 2.09 bits per heavy atom. The number of aromatic nitrogens is 5. The Balaban J connectivity index is 1.59. The molecule has 1 amide bonds. The molecule has 1 aliphatic rings. The lowest BCUT2D eigenvalue weighted by Gasteiger charge is -2.26. The van der Waals surface area contributed by atoms with E-state index in [0.717, 1.165) is 16.5 Å². The molecule has 10 heteroatoms. The normalized spacial score (nSPS) is 16.6. The number of carbonyl (C=O) groups excluding carboxylic acids is 1. The van der Waals surface area contributed by atoms with Crippen molar-refractivity contribution in [2.45, 2.75) is 38.8 Å². The minimum absolute atomic E-state index is 0.139. The highest BCUT2D eigenvalue weighted by Crippen LogP contribution is 2.33. The molecule has 168 valence electrons. The molecule has 0 saturated heterocycles. The van der Waals surface area contributed by atoms with Gasteiger partial charge in [0.15, 0.2) is 5.82 Å². The van der Waals surface area contributed by atoms with Gasteiger partial charge in [-0.05, 0) is 32.9 Å². The number of carbonyl (C=O) groups is 1. The molecule has 9 nitrogen and oxygen atoms in total. The summed E-state index contributed by atoms with van der Waals surface area (Å²) >= 11 is 6.52. The van der Waals surface area contributed by atoms with Gasteiger partial charge in [-0.2, -0.15) is 10.1 Å². The van der Waals surface area contributed by atoms with Gasteiger partial charge in [-0.3, -0.25) is 9.89 Å². The Bertz CT molecular complexity index is 1230. The topological polar surface area (TPSA) is 110 Å². The van der Waals surface area contributed by atoms with Crippen LogP contribution in [0.15, 0.2) is 36.1 Å². The summed E-state index contributed by atoms with van der Waals surface area (Å²) in [5.74, 6) is 0.962. The van der Waals surface area contributed by atoms with Crippen molar-refractivity contribution in [2.24, 2.45) is 7.05 Å². The van der Waals surface area contributed by atoms with Crippen LogP contribution in [0.5, 0.6) is 0 Å². The Labute approximate surface area is 190 Å². The predicted molar refractivity (Wildman–Crippen MR) is 125 cm³/mol. The molecule has 1 aromatic carbocycles. The SMILES string of the molecule is COC1CC(c2nc(Nc3ccc4[nH]ncc4c3Cl)n(C)n2)=CC=C1C(=O)NC(C)(C)C. The van der Waals surface area contributed by atoms with Gasteiger partial charge in [0.05, 0.1) is 28.5 Å². The third-order valence-corrected chi connectivity index (χ3v) is 5.51. The minimum atomic E-state index is -0.379. The maximum atomic E-state index is 12.6. The van der Waals surface area contributed by atoms with Crippen LogP contribution in [0.1, 0.15) is 33.0 Å². The fraction of sp³-hybridized carbons (Fsp3) is 0.364. The van der Waals surface area contributed by atoms with E-state index in [1.165, 1.54) is 0 Å². The van der Waals surface area contributed by atoms with Crippen LogP contribution in [0, 0.1) is 0 Å². The number of hydrogen-bond acceptors (Lipinski definition) is 6. The number of fused-ring (bicyclic) bond motifs is 1. The molecule has 0 radical (unpaired) electrons. The number of benzene rings is 1. The number of aromatic amines is 1. The molecule has 0 fully saturated rings. The van der Waals surface area contributed by atoms with Crippen molar-refractivity contribution in [1.29, 1.82) is 0 Å². The van der Waals surface area contributed by atoms with Gasteiger partial charge in [0.25, 0.3) is 0 Å². The van der Waals surface area contributed by atoms with Gasteiger partial charge in [-0.15, -0.1) is 5.10 Å². The van der Waals surface area contributed by atoms with E-state index >= 15 is 0 Å². The molecule has 3 N–H and O–H groups in total. The molecule has 1 atom stereocenters. The minimum Gasteiger partial charge on any atom is -0.376 e. The van der Waals surface area contributed by atoms with Crippen LogP contribution in [0.3, 0.4) is 0 Å². The van der Waals surface area contributed by atoms with Crippen LogP contribution in [0.4, 0.5) is 11.6 Å². The third kappa shape index (κ3) is 4.39. The van der Waals surface area contributed by atoms with Crippen LogP contribution >= 0.6 is 11.6 Å². The highest BCUT2D eigenvalue weighted by Gasteiger charge is 2.28. The lowest BCUT2D eigenvalue weighted by molar-refractivity contribution is -0.120. The zero-order valence-corrected chi connectivity index (χ0v) is 19.4. The second-order valence-electron chi connectivity index (χ2n) is 8.71. The van der Waals surface area contributed by atoms with Gasteiger partial charge < -0.3 is 15.4 Å². The van der Waals surface area contributed by atoms with Crippen LogP contribution in [-0.2, 0) is 16.6 Å². The first kappa shape index (κ1) is 22.0. The van der Waals surface area contributed by atoms with Crippen LogP contribution in [0.25, 0.3) is 16.5 Å². The monoisotopic (exact) mass is 455 g/mol. The van der Waals surface area contributed by atoms with Gasteiger partial charge >= 0.3 is 0 Å². The first-order valence-electron chi connectivity index (χ1n) is 10.2. The second-order valence-corrected chi connectivity index (χ2v) is 9.09. The van der Waals surface area contributed by atoms with E-state index in [-0.39, 0.29) is 17.6 Å². The van der Waals surface area contributed by atoms with Crippen molar-refractivity contribution in [3.8, 4) is 0 Å². The second kappa shape index (κ2) is 8.40. The van der Waals surface area contributed by atoms with E-state index < -0.39 is 0 Å². The first-order valence-corrected chi connectivity index (χ1v) is 10.6. The van der Waals surface area contributed by atoms with E-state index in [2.05, 4.69) is 30.9 Å². The van der Waals surface area contributed by atoms with Crippen molar-refractivity contribution in [2.75, 3.05) is 12.4 Å². The summed E-state index contributed by atoms with van der Waals surface area (Å²) < 4.78 is 7.25. The summed E-state index contributed by atoms with van der Waals surface area (Å²) in [7, 11) is 3.40. The van der Waals surface area contributed by atoms with Crippen molar-refractivity contribution in [1.82, 2.24) is 30.3 Å². The van der Waals surface area contributed by atoms with Gasteiger partial charge in [-0.1, -0.05) is 23.8 Å². The molecule has 0 spiro atoms. The first-order chi connectivity index (χ1) is 15.2. The summed E-state index contributed by atoms with van der Waals surface area (Å²) in [6, 6.07) is 3.76. The number of amides is 1. The lowest BCUT2D eigenvalue weighted by Crippen LogP contribution is -2.43.